The predicted molar refractivity (Wildman–Crippen MR) is 78.3 cm³/mol. The van der Waals surface area contributed by atoms with Crippen molar-refractivity contribution in [2.45, 2.75) is 6.92 Å². The topological polar surface area (TPSA) is 78.1 Å². The normalized spacial score (nSPS) is 10.2. The predicted octanol–water partition coefficient (Wildman–Crippen LogP) is 1.40. The van der Waals surface area contributed by atoms with E-state index in [1.807, 2.05) is 14.1 Å². The molecule has 0 unspecified atom stereocenters. The van der Waals surface area contributed by atoms with Crippen LogP contribution in [0.3, 0.4) is 0 Å². The number of H-pyrrole nitrogens is 1. The van der Waals surface area contributed by atoms with E-state index in [0.29, 0.717) is 17.2 Å². The van der Waals surface area contributed by atoms with Gasteiger partial charge in [-0.2, -0.15) is 0 Å². The van der Waals surface area contributed by atoms with E-state index >= 15 is 0 Å². The van der Waals surface area contributed by atoms with Gasteiger partial charge in [0.05, 0.1) is 5.69 Å². The zero-order valence-corrected chi connectivity index (χ0v) is 11.6. The summed E-state index contributed by atoms with van der Waals surface area (Å²) in [4.78, 5) is 32.8. The van der Waals surface area contributed by atoms with Gasteiger partial charge in [-0.1, -0.05) is 0 Å². The molecule has 2 rings (SSSR count). The minimum absolute atomic E-state index is 0.0733. The Morgan fingerprint density at radius 3 is 2.80 bits per heavy atom. The Kier molecular flexibility index (Phi) is 3.84. The van der Waals surface area contributed by atoms with E-state index in [1.54, 1.807) is 30.2 Å². The molecule has 0 aliphatic carbocycles. The van der Waals surface area contributed by atoms with Crippen LogP contribution in [0.5, 0.6) is 0 Å². The van der Waals surface area contributed by atoms with Gasteiger partial charge in [0.15, 0.2) is 11.2 Å². The lowest BCUT2D eigenvalue weighted by Gasteiger charge is -2.16. The summed E-state index contributed by atoms with van der Waals surface area (Å²) >= 11 is 0. The van der Waals surface area contributed by atoms with Crippen molar-refractivity contribution in [3.8, 4) is 0 Å². The van der Waals surface area contributed by atoms with Crippen molar-refractivity contribution in [2.75, 3.05) is 24.3 Å². The average molecular weight is 272 g/mol. The maximum atomic E-state index is 12.1. The number of carbonyl (C=O) groups excluding carboxylic acids is 1. The molecule has 0 aliphatic heterocycles. The monoisotopic (exact) mass is 272 g/mol. The Morgan fingerprint density at radius 2 is 2.15 bits per heavy atom. The lowest BCUT2D eigenvalue weighted by Crippen LogP contribution is -2.23. The van der Waals surface area contributed by atoms with Crippen LogP contribution in [-0.4, -0.2) is 30.0 Å². The number of aryl methyl sites for hydroxylation is 1. The van der Waals surface area contributed by atoms with Crippen LogP contribution in [0, 0.1) is 6.92 Å². The second-order valence-electron chi connectivity index (χ2n) is 4.62. The van der Waals surface area contributed by atoms with E-state index in [4.69, 9.17) is 0 Å². The number of pyridine rings is 2. The van der Waals surface area contributed by atoms with Gasteiger partial charge in [-0.05, 0) is 19.1 Å². The van der Waals surface area contributed by atoms with Crippen molar-refractivity contribution in [1.82, 2.24) is 9.97 Å². The number of aromatic amines is 1. The minimum atomic E-state index is -0.456. The summed E-state index contributed by atoms with van der Waals surface area (Å²) in [5.74, 6) is 0.173. The first-order valence-corrected chi connectivity index (χ1v) is 6.12. The fourth-order valence-corrected chi connectivity index (χ4v) is 1.79. The summed E-state index contributed by atoms with van der Waals surface area (Å²) in [6, 6.07) is 4.86. The standard InChI is InChI=1S/C14H16N4O2/c1-9-7-12(19)10(8-16-9)14(20)17-11-5-4-6-15-13(11)18(2)3/h4-8H,1-3H3,(H,16,19)(H,17,20). The quantitative estimate of drug-likeness (QED) is 0.885. The third kappa shape index (κ3) is 2.85. The Balaban J connectivity index is 2.31. The van der Waals surface area contributed by atoms with Gasteiger partial charge in [-0.25, -0.2) is 4.98 Å². The van der Waals surface area contributed by atoms with Gasteiger partial charge in [0.1, 0.15) is 5.56 Å². The number of nitrogens with one attached hydrogen (secondary N) is 2. The molecular weight excluding hydrogens is 256 g/mol. The first-order chi connectivity index (χ1) is 9.49. The van der Waals surface area contributed by atoms with Gasteiger partial charge in [-0.15, -0.1) is 0 Å². The molecule has 0 bridgehead atoms. The van der Waals surface area contributed by atoms with Gasteiger partial charge in [-0.3, -0.25) is 9.59 Å². The molecule has 0 aliphatic rings. The molecule has 0 aromatic carbocycles. The third-order valence-electron chi connectivity index (χ3n) is 2.76. The summed E-state index contributed by atoms with van der Waals surface area (Å²) in [5, 5.41) is 2.71. The molecule has 2 heterocycles. The van der Waals surface area contributed by atoms with Crippen LogP contribution in [0.1, 0.15) is 16.1 Å². The van der Waals surface area contributed by atoms with E-state index in [1.165, 1.54) is 12.3 Å². The number of amides is 1. The molecule has 0 atom stereocenters. The Hall–Kier alpha value is -2.63. The average Bonchev–Trinajstić information content (AvgIpc) is 2.38. The molecular formula is C14H16N4O2. The van der Waals surface area contributed by atoms with Gasteiger partial charge >= 0.3 is 0 Å². The minimum Gasteiger partial charge on any atom is -0.364 e. The molecule has 104 valence electrons. The van der Waals surface area contributed by atoms with Crippen LogP contribution in [0.25, 0.3) is 0 Å². The van der Waals surface area contributed by atoms with Crippen molar-refractivity contribution in [3.05, 3.63) is 52.1 Å². The van der Waals surface area contributed by atoms with E-state index in [9.17, 15) is 9.59 Å². The molecule has 6 heteroatoms. The number of aromatic nitrogens is 2. The first-order valence-electron chi connectivity index (χ1n) is 6.12. The molecule has 0 radical (unpaired) electrons. The van der Waals surface area contributed by atoms with Crippen LogP contribution in [0.4, 0.5) is 11.5 Å². The van der Waals surface area contributed by atoms with Crippen LogP contribution in [0.2, 0.25) is 0 Å². The largest absolute Gasteiger partial charge is 0.364 e. The number of hydrogen-bond donors (Lipinski definition) is 2. The van der Waals surface area contributed by atoms with Crippen molar-refractivity contribution in [1.29, 1.82) is 0 Å². The highest BCUT2D eigenvalue weighted by Gasteiger charge is 2.13. The summed E-state index contributed by atoms with van der Waals surface area (Å²) in [6.45, 7) is 1.76. The lowest BCUT2D eigenvalue weighted by molar-refractivity contribution is 0.102. The second-order valence-corrected chi connectivity index (χ2v) is 4.62. The summed E-state index contributed by atoms with van der Waals surface area (Å²) in [7, 11) is 3.66. The molecule has 1 amide bonds. The fourth-order valence-electron chi connectivity index (χ4n) is 1.79. The van der Waals surface area contributed by atoms with Crippen LogP contribution < -0.4 is 15.6 Å². The molecule has 0 saturated carbocycles. The van der Waals surface area contributed by atoms with Gasteiger partial charge < -0.3 is 15.2 Å². The Labute approximate surface area is 116 Å². The smallest absolute Gasteiger partial charge is 0.261 e. The highest BCUT2D eigenvalue weighted by Crippen LogP contribution is 2.20. The zero-order chi connectivity index (χ0) is 14.7. The van der Waals surface area contributed by atoms with E-state index in [0.717, 1.165) is 0 Å². The molecule has 0 saturated heterocycles. The van der Waals surface area contributed by atoms with Gasteiger partial charge in [0, 0.05) is 38.2 Å². The maximum absolute atomic E-state index is 12.1. The third-order valence-corrected chi connectivity index (χ3v) is 2.76. The molecule has 2 aromatic heterocycles. The van der Waals surface area contributed by atoms with Gasteiger partial charge in [0.2, 0.25) is 0 Å². The number of hydrogen-bond acceptors (Lipinski definition) is 4. The number of anilines is 2. The van der Waals surface area contributed by atoms with Crippen molar-refractivity contribution in [2.24, 2.45) is 0 Å². The van der Waals surface area contributed by atoms with E-state index < -0.39 is 5.91 Å². The van der Waals surface area contributed by atoms with Crippen molar-refractivity contribution < 1.29 is 4.79 Å². The van der Waals surface area contributed by atoms with Crippen molar-refractivity contribution >= 4 is 17.4 Å². The Morgan fingerprint density at radius 1 is 1.40 bits per heavy atom. The summed E-state index contributed by atoms with van der Waals surface area (Å²) < 4.78 is 0. The van der Waals surface area contributed by atoms with E-state index in [-0.39, 0.29) is 11.0 Å². The van der Waals surface area contributed by atoms with Crippen LogP contribution >= 0.6 is 0 Å². The molecule has 2 N–H and O–H groups in total. The molecule has 0 spiro atoms. The molecule has 6 nitrogen and oxygen atoms in total. The van der Waals surface area contributed by atoms with Crippen LogP contribution in [-0.2, 0) is 0 Å². The number of nitrogens with zero attached hydrogens (tertiary/aromatic N) is 2. The highest BCUT2D eigenvalue weighted by atomic mass is 16.2. The number of rotatable bonds is 3. The summed E-state index contributed by atoms with van der Waals surface area (Å²) in [6.07, 6.45) is 3.06. The SMILES string of the molecule is Cc1cc(=O)c(C(=O)Nc2cccnc2N(C)C)c[nH]1. The lowest BCUT2D eigenvalue weighted by atomic mass is 10.2. The Bertz CT molecular complexity index is 692. The maximum Gasteiger partial charge on any atom is 0.261 e. The summed E-state index contributed by atoms with van der Waals surface area (Å²) in [5.41, 5.74) is 1.03. The molecule has 20 heavy (non-hydrogen) atoms. The van der Waals surface area contributed by atoms with Crippen molar-refractivity contribution in [3.63, 3.8) is 0 Å². The highest BCUT2D eigenvalue weighted by molar-refractivity contribution is 6.05. The fraction of sp³-hybridized carbons (Fsp3) is 0.214. The second kappa shape index (κ2) is 5.56. The molecule has 2 aromatic rings. The zero-order valence-electron chi connectivity index (χ0n) is 11.6. The first kappa shape index (κ1) is 13.8. The van der Waals surface area contributed by atoms with E-state index in [2.05, 4.69) is 15.3 Å². The molecule has 0 fully saturated rings. The van der Waals surface area contributed by atoms with Gasteiger partial charge in [0.25, 0.3) is 5.91 Å². The number of carbonyl (C=O) groups is 1. The van der Waals surface area contributed by atoms with Crippen LogP contribution in [0.15, 0.2) is 35.4 Å².